The van der Waals surface area contributed by atoms with Crippen LogP contribution in [0.5, 0.6) is 0 Å². The first kappa shape index (κ1) is 12.4. The predicted molar refractivity (Wildman–Crippen MR) is 72.1 cm³/mol. The molecule has 1 aromatic heterocycles. The first-order valence-corrected chi connectivity index (χ1v) is 6.44. The van der Waals surface area contributed by atoms with Crippen LogP contribution in [0.15, 0.2) is 18.3 Å². The molecule has 17 heavy (non-hydrogen) atoms. The molecule has 0 radical (unpaired) electrons. The van der Waals surface area contributed by atoms with Gasteiger partial charge in [0.25, 0.3) is 0 Å². The van der Waals surface area contributed by atoms with Gasteiger partial charge in [0.1, 0.15) is 5.82 Å². The van der Waals surface area contributed by atoms with Crippen molar-refractivity contribution in [1.82, 2.24) is 4.98 Å². The fraction of sp³-hybridized carbons (Fsp3) is 0.643. The first-order chi connectivity index (χ1) is 7.98. The summed E-state index contributed by atoms with van der Waals surface area (Å²) in [5.74, 6) is 1.09. The van der Waals surface area contributed by atoms with Crippen molar-refractivity contribution in [1.29, 1.82) is 0 Å². The Morgan fingerprint density at radius 1 is 1.29 bits per heavy atom. The lowest BCUT2D eigenvalue weighted by Crippen LogP contribution is -2.37. The summed E-state index contributed by atoms with van der Waals surface area (Å²) in [7, 11) is 0. The van der Waals surface area contributed by atoms with E-state index in [1.54, 1.807) is 0 Å². The Morgan fingerprint density at radius 2 is 1.94 bits per heavy atom. The fourth-order valence-corrected chi connectivity index (χ4v) is 2.20. The van der Waals surface area contributed by atoms with Gasteiger partial charge in [0.15, 0.2) is 0 Å². The van der Waals surface area contributed by atoms with Gasteiger partial charge >= 0.3 is 0 Å². The highest BCUT2D eigenvalue weighted by atomic mass is 15.2. The van der Waals surface area contributed by atoms with Crippen molar-refractivity contribution in [2.24, 2.45) is 11.1 Å². The highest BCUT2D eigenvalue weighted by molar-refractivity contribution is 5.40. The summed E-state index contributed by atoms with van der Waals surface area (Å²) in [5, 5.41) is 0. The van der Waals surface area contributed by atoms with E-state index in [1.807, 2.05) is 13.1 Å². The van der Waals surface area contributed by atoms with Gasteiger partial charge in [-0.05, 0) is 36.8 Å². The standard InChI is InChI=1S/C14H23N3/c1-11(15)12-4-5-13(16-10-12)17-8-6-14(2,3)7-9-17/h4-5,10-11H,6-9,15H2,1-3H3. The number of hydrogen-bond acceptors (Lipinski definition) is 3. The number of pyridine rings is 1. The average molecular weight is 233 g/mol. The van der Waals surface area contributed by atoms with E-state index in [-0.39, 0.29) is 6.04 Å². The van der Waals surface area contributed by atoms with E-state index in [0.717, 1.165) is 24.5 Å². The molecule has 1 aliphatic rings. The highest BCUT2D eigenvalue weighted by Gasteiger charge is 2.25. The lowest BCUT2D eigenvalue weighted by molar-refractivity contribution is 0.279. The molecule has 1 fully saturated rings. The maximum Gasteiger partial charge on any atom is 0.128 e. The van der Waals surface area contributed by atoms with E-state index in [1.165, 1.54) is 12.8 Å². The van der Waals surface area contributed by atoms with Crippen LogP contribution in [-0.4, -0.2) is 18.1 Å². The molecule has 1 aliphatic heterocycles. The van der Waals surface area contributed by atoms with Crippen molar-refractivity contribution in [3.05, 3.63) is 23.9 Å². The van der Waals surface area contributed by atoms with Gasteiger partial charge in [-0.2, -0.15) is 0 Å². The van der Waals surface area contributed by atoms with E-state index in [9.17, 15) is 0 Å². The summed E-state index contributed by atoms with van der Waals surface area (Å²) < 4.78 is 0. The van der Waals surface area contributed by atoms with Crippen LogP contribution >= 0.6 is 0 Å². The van der Waals surface area contributed by atoms with E-state index in [0.29, 0.717) is 5.41 Å². The Balaban J connectivity index is 2.04. The van der Waals surface area contributed by atoms with Gasteiger partial charge in [0, 0.05) is 25.3 Å². The predicted octanol–water partition coefficient (Wildman–Crippen LogP) is 2.73. The molecule has 0 amide bonds. The molecular formula is C14H23N3. The first-order valence-electron chi connectivity index (χ1n) is 6.44. The second-order valence-corrected chi connectivity index (χ2v) is 5.89. The average Bonchev–Trinajstić information content (AvgIpc) is 2.29. The largest absolute Gasteiger partial charge is 0.357 e. The Hall–Kier alpha value is -1.09. The number of hydrogen-bond donors (Lipinski definition) is 1. The molecule has 3 heteroatoms. The SMILES string of the molecule is CC(N)c1ccc(N2CCC(C)(C)CC2)nc1. The summed E-state index contributed by atoms with van der Waals surface area (Å²) in [6.07, 6.45) is 4.38. The maximum absolute atomic E-state index is 5.82. The third-order valence-corrected chi connectivity index (χ3v) is 3.74. The van der Waals surface area contributed by atoms with Crippen LogP contribution < -0.4 is 10.6 Å². The number of aromatic nitrogens is 1. The molecule has 1 atom stereocenters. The lowest BCUT2D eigenvalue weighted by Gasteiger charge is -2.37. The van der Waals surface area contributed by atoms with Crippen LogP contribution in [-0.2, 0) is 0 Å². The van der Waals surface area contributed by atoms with Crippen LogP contribution in [0.3, 0.4) is 0 Å². The molecule has 94 valence electrons. The van der Waals surface area contributed by atoms with Crippen molar-refractivity contribution >= 4 is 5.82 Å². The third-order valence-electron chi connectivity index (χ3n) is 3.74. The summed E-state index contributed by atoms with van der Waals surface area (Å²) in [6.45, 7) is 8.89. The minimum Gasteiger partial charge on any atom is -0.357 e. The minimum atomic E-state index is 0.0665. The molecule has 1 unspecified atom stereocenters. The Morgan fingerprint density at radius 3 is 2.41 bits per heavy atom. The van der Waals surface area contributed by atoms with Crippen LogP contribution in [0.4, 0.5) is 5.82 Å². The molecule has 2 rings (SSSR count). The Kier molecular flexibility index (Phi) is 3.38. The van der Waals surface area contributed by atoms with E-state index in [4.69, 9.17) is 5.73 Å². The van der Waals surface area contributed by atoms with Crippen molar-refractivity contribution in [2.45, 2.75) is 39.7 Å². The lowest BCUT2D eigenvalue weighted by atomic mass is 9.83. The normalized spacial score (nSPS) is 21.3. The number of anilines is 1. The second-order valence-electron chi connectivity index (χ2n) is 5.89. The molecule has 0 spiro atoms. The van der Waals surface area contributed by atoms with Gasteiger partial charge in [-0.3, -0.25) is 0 Å². The summed E-state index contributed by atoms with van der Waals surface area (Å²) in [6, 6.07) is 4.25. The fourth-order valence-electron chi connectivity index (χ4n) is 2.20. The van der Waals surface area contributed by atoms with Gasteiger partial charge in [0.2, 0.25) is 0 Å². The number of nitrogens with zero attached hydrogens (tertiary/aromatic N) is 2. The molecule has 1 aromatic rings. The smallest absolute Gasteiger partial charge is 0.128 e. The zero-order chi connectivity index (χ0) is 12.5. The molecule has 0 bridgehead atoms. The topological polar surface area (TPSA) is 42.1 Å². The zero-order valence-corrected chi connectivity index (χ0v) is 11.1. The number of piperidine rings is 1. The van der Waals surface area contributed by atoms with Gasteiger partial charge < -0.3 is 10.6 Å². The highest BCUT2D eigenvalue weighted by Crippen LogP contribution is 2.31. The van der Waals surface area contributed by atoms with Crippen molar-refractivity contribution in [2.75, 3.05) is 18.0 Å². The number of rotatable bonds is 2. The molecular weight excluding hydrogens is 210 g/mol. The van der Waals surface area contributed by atoms with Crippen LogP contribution in [0, 0.1) is 5.41 Å². The summed E-state index contributed by atoms with van der Waals surface area (Å²) >= 11 is 0. The zero-order valence-electron chi connectivity index (χ0n) is 11.1. The minimum absolute atomic E-state index is 0.0665. The molecule has 1 saturated heterocycles. The van der Waals surface area contributed by atoms with E-state index >= 15 is 0 Å². The van der Waals surface area contributed by atoms with E-state index < -0.39 is 0 Å². The van der Waals surface area contributed by atoms with Gasteiger partial charge in [-0.25, -0.2) is 4.98 Å². The molecule has 0 aliphatic carbocycles. The molecule has 2 heterocycles. The maximum atomic E-state index is 5.82. The monoisotopic (exact) mass is 233 g/mol. The van der Waals surface area contributed by atoms with Gasteiger partial charge in [0.05, 0.1) is 0 Å². The molecule has 0 saturated carbocycles. The molecule has 0 aromatic carbocycles. The van der Waals surface area contributed by atoms with E-state index in [2.05, 4.69) is 35.9 Å². The third kappa shape index (κ3) is 2.97. The Bertz CT molecular complexity index is 358. The van der Waals surface area contributed by atoms with Crippen molar-refractivity contribution < 1.29 is 0 Å². The van der Waals surface area contributed by atoms with Crippen LogP contribution in [0.1, 0.15) is 45.2 Å². The quantitative estimate of drug-likeness (QED) is 0.854. The Labute approximate surface area is 104 Å². The van der Waals surface area contributed by atoms with Crippen molar-refractivity contribution in [3.63, 3.8) is 0 Å². The van der Waals surface area contributed by atoms with Crippen LogP contribution in [0.25, 0.3) is 0 Å². The van der Waals surface area contributed by atoms with Crippen LogP contribution in [0.2, 0.25) is 0 Å². The number of nitrogens with two attached hydrogens (primary N) is 1. The molecule has 3 nitrogen and oxygen atoms in total. The summed E-state index contributed by atoms with van der Waals surface area (Å²) in [5.41, 5.74) is 7.42. The van der Waals surface area contributed by atoms with Gasteiger partial charge in [-0.1, -0.05) is 19.9 Å². The molecule has 2 N–H and O–H groups in total. The van der Waals surface area contributed by atoms with Gasteiger partial charge in [-0.15, -0.1) is 0 Å². The van der Waals surface area contributed by atoms with Crippen molar-refractivity contribution in [3.8, 4) is 0 Å². The summed E-state index contributed by atoms with van der Waals surface area (Å²) in [4.78, 5) is 6.89. The second kappa shape index (κ2) is 4.65.